The van der Waals surface area contributed by atoms with Crippen LogP contribution in [0.1, 0.15) is 39.9 Å². The Morgan fingerprint density at radius 3 is 2.80 bits per heavy atom. The normalized spacial score (nSPS) is 12.0. The van der Waals surface area contributed by atoms with Gasteiger partial charge in [-0.1, -0.05) is 6.92 Å². The number of aromatic nitrogens is 3. The van der Waals surface area contributed by atoms with E-state index in [-0.39, 0.29) is 5.60 Å². The van der Waals surface area contributed by atoms with Crippen molar-refractivity contribution in [2.45, 2.75) is 52.8 Å². The van der Waals surface area contributed by atoms with Gasteiger partial charge in [0, 0.05) is 6.54 Å². The fourth-order valence-electron chi connectivity index (χ4n) is 1.14. The van der Waals surface area contributed by atoms with Crippen molar-refractivity contribution in [2.24, 2.45) is 0 Å². The largest absolute Gasteiger partial charge is 0.296 e. The van der Waals surface area contributed by atoms with Crippen LogP contribution in [0.25, 0.3) is 0 Å². The van der Waals surface area contributed by atoms with Gasteiger partial charge < -0.3 is 0 Å². The zero-order chi connectivity index (χ0) is 11.3. The van der Waals surface area contributed by atoms with Crippen LogP contribution < -0.4 is 5.48 Å². The maximum absolute atomic E-state index is 5.40. The van der Waals surface area contributed by atoms with Gasteiger partial charge in [0.1, 0.15) is 12.2 Å². The molecular weight excluding hydrogens is 192 g/mol. The first kappa shape index (κ1) is 12.1. The highest BCUT2D eigenvalue weighted by molar-refractivity contribution is 4.82. The number of hydroxylamine groups is 1. The Kier molecular flexibility index (Phi) is 4.23. The van der Waals surface area contributed by atoms with Gasteiger partial charge in [-0.15, -0.1) is 0 Å². The molecule has 1 aromatic heterocycles. The summed E-state index contributed by atoms with van der Waals surface area (Å²) in [5.74, 6) is 0.904. The maximum Gasteiger partial charge on any atom is 0.143 e. The van der Waals surface area contributed by atoms with Crippen molar-refractivity contribution in [3.05, 3.63) is 12.2 Å². The molecule has 86 valence electrons. The molecular formula is C10H20N4O. The van der Waals surface area contributed by atoms with Crippen molar-refractivity contribution in [1.82, 2.24) is 20.2 Å². The summed E-state index contributed by atoms with van der Waals surface area (Å²) in [4.78, 5) is 9.57. The summed E-state index contributed by atoms with van der Waals surface area (Å²) in [7, 11) is 0. The Morgan fingerprint density at radius 1 is 1.47 bits per heavy atom. The molecule has 0 amide bonds. The number of nitrogens with zero attached hydrogens (tertiary/aromatic N) is 3. The van der Waals surface area contributed by atoms with Crippen molar-refractivity contribution in [2.75, 3.05) is 0 Å². The Morgan fingerprint density at radius 2 is 2.20 bits per heavy atom. The Balaban J connectivity index is 2.40. The molecule has 0 aliphatic heterocycles. The second kappa shape index (κ2) is 5.23. The Hall–Kier alpha value is -0.940. The van der Waals surface area contributed by atoms with Crippen LogP contribution in [0.15, 0.2) is 6.33 Å². The van der Waals surface area contributed by atoms with Gasteiger partial charge in [0.15, 0.2) is 0 Å². The number of hydrogen-bond acceptors (Lipinski definition) is 4. The van der Waals surface area contributed by atoms with Crippen LogP contribution in [-0.2, 0) is 17.9 Å². The maximum atomic E-state index is 5.40. The van der Waals surface area contributed by atoms with Crippen molar-refractivity contribution in [3.8, 4) is 0 Å². The molecule has 1 rings (SSSR count). The van der Waals surface area contributed by atoms with E-state index in [4.69, 9.17) is 4.84 Å². The van der Waals surface area contributed by atoms with Crippen molar-refractivity contribution < 1.29 is 4.84 Å². The minimum Gasteiger partial charge on any atom is -0.296 e. The highest BCUT2D eigenvalue weighted by Crippen LogP contribution is 2.04. The van der Waals surface area contributed by atoms with Crippen molar-refractivity contribution in [3.63, 3.8) is 0 Å². The van der Waals surface area contributed by atoms with Gasteiger partial charge in [-0.25, -0.2) is 9.67 Å². The lowest BCUT2D eigenvalue weighted by atomic mass is 10.2. The SMILES string of the molecule is CCCn1ncnc1CNOC(C)(C)C. The average molecular weight is 212 g/mol. The number of nitrogens with one attached hydrogen (secondary N) is 1. The second-order valence-electron chi connectivity index (χ2n) is 4.43. The molecule has 0 unspecified atom stereocenters. The summed E-state index contributed by atoms with van der Waals surface area (Å²) in [6, 6.07) is 0. The topological polar surface area (TPSA) is 52.0 Å². The van der Waals surface area contributed by atoms with Crippen LogP contribution >= 0.6 is 0 Å². The highest BCUT2D eigenvalue weighted by Gasteiger charge is 2.11. The summed E-state index contributed by atoms with van der Waals surface area (Å²) < 4.78 is 1.89. The molecule has 0 atom stereocenters. The third kappa shape index (κ3) is 4.40. The van der Waals surface area contributed by atoms with Gasteiger partial charge in [0.05, 0.1) is 12.1 Å². The van der Waals surface area contributed by atoms with E-state index in [9.17, 15) is 0 Å². The highest BCUT2D eigenvalue weighted by atomic mass is 16.7. The lowest BCUT2D eigenvalue weighted by Crippen LogP contribution is -2.29. The first-order valence-corrected chi connectivity index (χ1v) is 5.30. The third-order valence-corrected chi connectivity index (χ3v) is 1.74. The zero-order valence-corrected chi connectivity index (χ0v) is 9.95. The minimum atomic E-state index is -0.185. The van der Waals surface area contributed by atoms with E-state index in [0.717, 1.165) is 18.8 Å². The van der Waals surface area contributed by atoms with Crippen LogP contribution in [0.3, 0.4) is 0 Å². The molecule has 0 bridgehead atoms. The van der Waals surface area contributed by atoms with Crippen LogP contribution in [0, 0.1) is 0 Å². The van der Waals surface area contributed by atoms with E-state index >= 15 is 0 Å². The standard InChI is InChI=1S/C10H20N4O/c1-5-6-14-9(11-8-12-14)7-13-15-10(2,3)4/h8,13H,5-7H2,1-4H3. The molecule has 0 aliphatic rings. The van der Waals surface area contributed by atoms with Gasteiger partial charge in [-0.3, -0.25) is 4.84 Å². The lowest BCUT2D eigenvalue weighted by Gasteiger charge is -2.19. The summed E-state index contributed by atoms with van der Waals surface area (Å²) in [6.45, 7) is 9.58. The first-order valence-electron chi connectivity index (χ1n) is 5.30. The Labute approximate surface area is 90.8 Å². The zero-order valence-electron chi connectivity index (χ0n) is 9.95. The number of hydrogen-bond donors (Lipinski definition) is 1. The molecule has 0 aliphatic carbocycles. The van der Waals surface area contributed by atoms with E-state index < -0.39 is 0 Å². The lowest BCUT2D eigenvalue weighted by molar-refractivity contribution is -0.0769. The molecule has 1 aromatic rings. The first-order chi connectivity index (χ1) is 7.03. The van der Waals surface area contributed by atoms with Crippen molar-refractivity contribution in [1.29, 1.82) is 0 Å². The van der Waals surface area contributed by atoms with Crippen molar-refractivity contribution >= 4 is 0 Å². The smallest absolute Gasteiger partial charge is 0.143 e. The van der Waals surface area contributed by atoms with Gasteiger partial charge in [0.25, 0.3) is 0 Å². The van der Waals surface area contributed by atoms with Gasteiger partial charge in [0.2, 0.25) is 0 Å². The molecule has 5 heteroatoms. The molecule has 0 aromatic carbocycles. The van der Waals surface area contributed by atoms with Gasteiger partial charge >= 0.3 is 0 Å². The molecule has 0 radical (unpaired) electrons. The summed E-state index contributed by atoms with van der Waals surface area (Å²) in [6.07, 6.45) is 2.63. The third-order valence-electron chi connectivity index (χ3n) is 1.74. The Bertz CT molecular complexity index is 290. The van der Waals surface area contributed by atoms with Gasteiger partial charge in [-0.05, 0) is 27.2 Å². The predicted octanol–water partition coefficient (Wildman–Crippen LogP) is 1.51. The quantitative estimate of drug-likeness (QED) is 0.752. The minimum absolute atomic E-state index is 0.185. The average Bonchev–Trinajstić information content (AvgIpc) is 2.51. The molecule has 0 saturated heterocycles. The van der Waals surface area contributed by atoms with Crippen LogP contribution in [0.2, 0.25) is 0 Å². The summed E-state index contributed by atoms with van der Waals surface area (Å²) >= 11 is 0. The monoisotopic (exact) mass is 212 g/mol. The predicted molar refractivity (Wildman–Crippen MR) is 58.0 cm³/mol. The molecule has 1 heterocycles. The fourth-order valence-corrected chi connectivity index (χ4v) is 1.14. The molecule has 15 heavy (non-hydrogen) atoms. The summed E-state index contributed by atoms with van der Waals surface area (Å²) in [5, 5.41) is 4.13. The van der Waals surface area contributed by atoms with E-state index in [0.29, 0.717) is 6.54 Å². The molecule has 0 saturated carbocycles. The summed E-state index contributed by atoms with van der Waals surface area (Å²) in [5.41, 5.74) is 2.72. The van der Waals surface area contributed by atoms with E-state index in [2.05, 4.69) is 22.5 Å². The second-order valence-corrected chi connectivity index (χ2v) is 4.43. The van der Waals surface area contributed by atoms with E-state index in [1.807, 2.05) is 25.5 Å². The van der Waals surface area contributed by atoms with Crippen LogP contribution in [-0.4, -0.2) is 20.4 Å². The van der Waals surface area contributed by atoms with E-state index in [1.165, 1.54) is 0 Å². The number of rotatable bonds is 5. The number of aryl methyl sites for hydroxylation is 1. The van der Waals surface area contributed by atoms with E-state index in [1.54, 1.807) is 6.33 Å². The molecule has 5 nitrogen and oxygen atoms in total. The molecule has 0 fully saturated rings. The van der Waals surface area contributed by atoms with Crippen LogP contribution in [0.5, 0.6) is 0 Å². The molecule has 1 N–H and O–H groups in total. The van der Waals surface area contributed by atoms with Gasteiger partial charge in [-0.2, -0.15) is 10.6 Å². The fraction of sp³-hybridized carbons (Fsp3) is 0.800. The van der Waals surface area contributed by atoms with Crippen LogP contribution in [0.4, 0.5) is 0 Å². The molecule has 0 spiro atoms.